The minimum Gasteiger partial charge on any atom is -0.354 e. The summed E-state index contributed by atoms with van der Waals surface area (Å²) in [5, 5.41) is 19.6. The summed E-state index contributed by atoms with van der Waals surface area (Å²) in [6.07, 6.45) is 9.02. The predicted octanol–water partition coefficient (Wildman–Crippen LogP) is 4.48. The van der Waals surface area contributed by atoms with Gasteiger partial charge in [-0.2, -0.15) is 15.2 Å². The summed E-state index contributed by atoms with van der Waals surface area (Å²) in [4.78, 5) is 14.1. The maximum atomic E-state index is 9.29. The summed E-state index contributed by atoms with van der Waals surface area (Å²) in [7, 11) is 0. The van der Waals surface area contributed by atoms with Gasteiger partial charge in [0.15, 0.2) is 17.0 Å². The first kappa shape index (κ1) is 20.2. The molecule has 0 radical (unpaired) electrons. The van der Waals surface area contributed by atoms with Crippen LogP contribution in [-0.4, -0.2) is 38.7 Å². The van der Waals surface area contributed by atoms with E-state index in [4.69, 9.17) is 9.97 Å². The molecule has 1 aliphatic carbocycles. The van der Waals surface area contributed by atoms with Crippen LogP contribution in [0.4, 0.5) is 17.5 Å². The number of nitriles is 1. The lowest BCUT2D eigenvalue weighted by Crippen LogP contribution is -2.35. The fourth-order valence-electron chi connectivity index (χ4n) is 4.09. The quantitative estimate of drug-likeness (QED) is 0.457. The number of hydrogen-bond acceptors (Lipinski definition) is 7. The highest BCUT2D eigenvalue weighted by Gasteiger charge is 2.27. The van der Waals surface area contributed by atoms with E-state index in [9.17, 15) is 5.26 Å². The number of imidazole rings is 1. The SMILES string of the molecule is N#Cc1cc(Br)cc(Nc2nc(NCCC3CCCCN3)nc3c2ncn3C2CC2)c1. The minimum atomic E-state index is 0.475. The van der Waals surface area contributed by atoms with E-state index in [1.807, 2.05) is 12.4 Å². The van der Waals surface area contributed by atoms with Gasteiger partial charge in [0, 0.05) is 28.8 Å². The number of piperidine rings is 1. The molecule has 2 fully saturated rings. The van der Waals surface area contributed by atoms with Crippen LogP contribution in [0.25, 0.3) is 11.2 Å². The standard InChI is InChI=1S/C22H25BrN8/c23-15-9-14(12-24)10-17(11-15)28-20-19-21(31(13-27-19)18-4-5-18)30-22(29-20)26-8-6-16-3-1-2-7-25-16/h9-11,13,16,18,25H,1-8H2,(H2,26,28,29,30). The molecular formula is C22H25BrN8. The van der Waals surface area contributed by atoms with E-state index in [-0.39, 0.29) is 0 Å². The Balaban J connectivity index is 1.42. The molecule has 5 rings (SSSR count). The molecule has 0 amide bonds. The molecule has 3 heterocycles. The number of nitrogens with zero attached hydrogens (tertiary/aromatic N) is 5. The third kappa shape index (κ3) is 4.65. The van der Waals surface area contributed by atoms with E-state index in [0.29, 0.717) is 29.4 Å². The second kappa shape index (κ2) is 8.81. The van der Waals surface area contributed by atoms with Crippen LogP contribution in [0.5, 0.6) is 0 Å². The van der Waals surface area contributed by atoms with Crippen molar-refractivity contribution in [1.29, 1.82) is 5.26 Å². The lowest BCUT2D eigenvalue weighted by atomic mass is 10.0. The normalized spacial score (nSPS) is 18.6. The Kier molecular flexibility index (Phi) is 5.74. The first-order chi connectivity index (χ1) is 15.2. The van der Waals surface area contributed by atoms with Crippen molar-refractivity contribution in [2.24, 2.45) is 0 Å². The molecule has 3 N–H and O–H groups in total. The lowest BCUT2D eigenvalue weighted by molar-refractivity contribution is 0.388. The minimum absolute atomic E-state index is 0.475. The molecule has 8 nitrogen and oxygen atoms in total. The zero-order chi connectivity index (χ0) is 21.2. The largest absolute Gasteiger partial charge is 0.354 e. The van der Waals surface area contributed by atoms with E-state index >= 15 is 0 Å². The van der Waals surface area contributed by atoms with E-state index in [1.54, 1.807) is 12.1 Å². The molecule has 9 heteroatoms. The molecule has 0 bridgehead atoms. The molecule has 2 aliphatic rings. The van der Waals surface area contributed by atoms with Gasteiger partial charge < -0.3 is 20.5 Å². The number of aromatic nitrogens is 4. The van der Waals surface area contributed by atoms with Gasteiger partial charge in [-0.1, -0.05) is 22.4 Å². The van der Waals surface area contributed by atoms with Crippen LogP contribution in [0.2, 0.25) is 0 Å². The van der Waals surface area contributed by atoms with Gasteiger partial charge >= 0.3 is 0 Å². The molecule has 160 valence electrons. The van der Waals surface area contributed by atoms with Gasteiger partial charge in [-0.05, 0) is 56.8 Å². The molecule has 2 aromatic heterocycles. The zero-order valence-corrected chi connectivity index (χ0v) is 18.8. The third-order valence-electron chi connectivity index (χ3n) is 5.84. The van der Waals surface area contributed by atoms with Gasteiger partial charge in [0.05, 0.1) is 18.0 Å². The lowest BCUT2D eigenvalue weighted by Gasteiger charge is -2.23. The third-order valence-corrected chi connectivity index (χ3v) is 6.30. The number of nitrogens with one attached hydrogen (secondary N) is 3. The van der Waals surface area contributed by atoms with Crippen LogP contribution in [0.1, 0.15) is 50.1 Å². The summed E-state index contributed by atoms with van der Waals surface area (Å²) >= 11 is 3.47. The maximum Gasteiger partial charge on any atom is 0.226 e. The average molecular weight is 481 g/mol. The smallest absolute Gasteiger partial charge is 0.226 e. The van der Waals surface area contributed by atoms with Gasteiger partial charge in [-0.15, -0.1) is 0 Å². The zero-order valence-electron chi connectivity index (χ0n) is 17.2. The van der Waals surface area contributed by atoms with Crippen LogP contribution < -0.4 is 16.0 Å². The number of anilines is 3. The van der Waals surface area contributed by atoms with E-state index < -0.39 is 0 Å². The second-order valence-electron chi connectivity index (χ2n) is 8.28. The monoisotopic (exact) mass is 480 g/mol. The van der Waals surface area contributed by atoms with Crippen molar-refractivity contribution in [3.05, 3.63) is 34.6 Å². The summed E-state index contributed by atoms with van der Waals surface area (Å²) in [5.74, 6) is 1.24. The fourth-order valence-corrected chi connectivity index (χ4v) is 4.59. The predicted molar refractivity (Wildman–Crippen MR) is 124 cm³/mol. The first-order valence-electron chi connectivity index (χ1n) is 10.9. The first-order valence-corrected chi connectivity index (χ1v) is 11.7. The van der Waals surface area contributed by atoms with Gasteiger partial charge in [0.25, 0.3) is 0 Å². The molecule has 31 heavy (non-hydrogen) atoms. The molecule has 1 aliphatic heterocycles. The summed E-state index contributed by atoms with van der Waals surface area (Å²) < 4.78 is 2.98. The summed E-state index contributed by atoms with van der Waals surface area (Å²) in [6, 6.07) is 8.74. The molecule has 1 unspecified atom stereocenters. The number of rotatable bonds is 7. The van der Waals surface area contributed by atoms with Crippen LogP contribution in [0, 0.1) is 11.3 Å². The van der Waals surface area contributed by atoms with Crippen LogP contribution >= 0.6 is 15.9 Å². The van der Waals surface area contributed by atoms with Crippen LogP contribution in [0.15, 0.2) is 29.0 Å². The van der Waals surface area contributed by atoms with Crippen molar-refractivity contribution in [1.82, 2.24) is 24.8 Å². The van der Waals surface area contributed by atoms with Gasteiger partial charge in [0.1, 0.15) is 0 Å². The summed E-state index contributed by atoms with van der Waals surface area (Å²) in [5.41, 5.74) is 2.94. The van der Waals surface area contributed by atoms with E-state index in [2.05, 4.69) is 47.5 Å². The maximum absolute atomic E-state index is 9.29. The molecule has 1 saturated heterocycles. The van der Waals surface area contributed by atoms with Crippen molar-refractivity contribution >= 4 is 44.5 Å². The highest BCUT2D eigenvalue weighted by molar-refractivity contribution is 9.10. The molecule has 1 atom stereocenters. The number of hydrogen-bond donors (Lipinski definition) is 3. The van der Waals surface area contributed by atoms with Crippen LogP contribution in [-0.2, 0) is 0 Å². The van der Waals surface area contributed by atoms with E-state index in [1.165, 1.54) is 19.3 Å². The van der Waals surface area contributed by atoms with Gasteiger partial charge in [-0.3, -0.25) is 0 Å². The van der Waals surface area contributed by atoms with Gasteiger partial charge in [-0.25, -0.2) is 4.98 Å². The number of halogens is 1. The summed E-state index contributed by atoms with van der Waals surface area (Å²) in [6.45, 7) is 1.93. The topological polar surface area (TPSA) is 103 Å². The van der Waals surface area contributed by atoms with Crippen LogP contribution in [0.3, 0.4) is 0 Å². The van der Waals surface area contributed by atoms with Crippen molar-refractivity contribution in [3.8, 4) is 6.07 Å². The Morgan fingerprint density at radius 3 is 2.87 bits per heavy atom. The highest BCUT2D eigenvalue weighted by atomic mass is 79.9. The Morgan fingerprint density at radius 1 is 1.19 bits per heavy atom. The Bertz CT molecular complexity index is 1120. The van der Waals surface area contributed by atoms with Gasteiger partial charge in [0.2, 0.25) is 5.95 Å². The molecular weight excluding hydrogens is 456 g/mol. The Labute approximate surface area is 189 Å². The Hall–Kier alpha value is -2.70. The van der Waals surface area contributed by atoms with Crippen molar-refractivity contribution in [2.45, 2.75) is 50.6 Å². The molecule has 1 aromatic carbocycles. The highest BCUT2D eigenvalue weighted by Crippen LogP contribution is 2.38. The van der Waals surface area contributed by atoms with Crippen molar-refractivity contribution in [3.63, 3.8) is 0 Å². The molecule has 3 aromatic rings. The molecule has 0 spiro atoms. The van der Waals surface area contributed by atoms with Crippen molar-refractivity contribution < 1.29 is 0 Å². The number of fused-ring (bicyclic) bond motifs is 1. The second-order valence-corrected chi connectivity index (χ2v) is 9.19. The molecule has 1 saturated carbocycles. The average Bonchev–Trinajstić information content (AvgIpc) is 3.53. The number of benzene rings is 1. The van der Waals surface area contributed by atoms with E-state index in [0.717, 1.165) is 53.7 Å². The fraction of sp³-hybridized carbons (Fsp3) is 0.455. The Morgan fingerprint density at radius 2 is 2.10 bits per heavy atom. The van der Waals surface area contributed by atoms with Crippen molar-refractivity contribution in [2.75, 3.05) is 23.7 Å².